The van der Waals surface area contributed by atoms with Crippen molar-refractivity contribution in [2.75, 3.05) is 19.7 Å². The molecule has 1 N–H and O–H groups in total. The first-order chi connectivity index (χ1) is 9.20. The van der Waals surface area contributed by atoms with E-state index in [4.69, 9.17) is 9.15 Å². The van der Waals surface area contributed by atoms with Crippen molar-refractivity contribution in [3.8, 4) is 0 Å². The Morgan fingerprint density at radius 1 is 1.63 bits per heavy atom. The summed E-state index contributed by atoms with van der Waals surface area (Å²) in [6.07, 6.45) is 3.32. The number of furan rings is 1. The van der Waals surface area contributed by atoms with Crippen molar-refractivity contribution in [2.24, 2.45) is 0 Å². The Morgan fingerprint density at radius 2 is 2.47 bits per heavy atom. The molecule has 0 radical (unpaired) electrons. The number of nitrogens with zero attached hydrogens (tertiary/aromatic N) is 1. The van der Waals surface area contributed by atoms with Gasteiger partial charge in [-0.3, -0.25) is 14.5 Å². The first kappa shape index (κ1) is 13.6. The molecule has 1 saturated heterocycles. The molecule has 0 spiro atoms. The lowest BCUT2D eigenvalue weighted by Crippen LogP contribution is -2.55. The fourth-order valence-electron chi connectivity index (χ4n) is 2.17. The third-order valence-corrected chi connectivity index (χ3v) is 3.07. The van der Waals surface area contributed by atoms with E-state index in [0.29, 0.717) is 26.2 Å². The lowest BCUT2D eigenvalue weighted by molar-refractivity contribution is -0.148. The van der Waals surface area contributed by atoms with Gasteiger partial charge in [-0.05, 0) is 13.0 Å². The average Bonchev–Trinajstić information content (AvgIpc) is 2.87. The summed E-state index contributed by atoms with van der Waals surface area (Å²) in [6, 6.07) is 1.39. The van der Waals surface area contributed by atoms with Crippen molar-refractivity contribution in [3.63, 3.8) is 0 Å². The number of esters is 1. The number of nitrogens with one attached hydrogen (secondary N) is 1. The highest BCUT2D eigenvalue weighted by Crippen LogP contribution is 2.14. The van der Waals surface area contributed by atoms with Crippen LogP contribution in [0.2, 0.25) is 0 Å². The molecule has 1 aromatic rings. The van der Waals surface area contributed by atoms with Crippen LogP contribution in [0.1, 0.15) is 18.9 Å². The van der Waals surface area contributed by atoms with Gasteiger partial charge in [-0.1, -0.05) is 0 Å². The van der Waals surface area contributed by atoms with Gasteiger partial charge in [-0.2, -0.15) is 0 Å². The third-order valence-electron chi connectivity index (χ3n) is 3.07. The zero-order valence-electron chi connectivity index (χ0n) is 10.9. The van der Waals surface area contributed by atoms with E-state index >= 15 is 0 Å². The zero-order valence-corrected chi connectivity index (χ0v) is 10.9. The monoisotopic (exact) mass is 266 g/mol. The van der Waals surface area contributed by atoms with Crippen LogP contribution in [0.3, 0.4) is 0 Å². The molecule has 19 heavy (non-hydrogen) atoms. The Labute approximate surface area is 111 Å². The van der Waals surface area contributed by atoms with Gasteiger partial charge in [0, 0.05) is 25.2 Å². The maximum absolute atomic E-state index is 11.9. The van der Waals surface area contributed by atoms with E-state index in [2.05, 4.69) is 5.32 Å². The van der Waals surface area contributed by atoms with E-state index < -0.39 is 6.04 Å². The Kier molecular flexibility index (Phi) is 4.57. The lowest BCUT2D eigenvalue weighted by Gasteiger charge is -2.34. The van der Waals surface area contributed by atoms with Crippen molar-refractivity contribution in [1.29, 1.82) is 0 Å². The predicted octanol–water partition coefficient (Wildman–Crippen LogP) is 0.533. The van der Waals surface area contributed by atoms with E-state index in [-0.39, 0.29) is 18.3 Å². The molecule has 1 aliphatic heterocycles. The second-order valence-electron chi connectivity index (χ2n) is 4.42. The molecule has 0 aliphatic carbocycles. The van der Waals surface area contributed by atoms with Crippen LogP contribution in [0.4, 0.5) is 0 Å². The van der Waals surface area contributed by atoms with Crippen LogP contribution in [0, 0.1) is 0 Å². The van der Waals surface area contributed by atoms with Crippen LogP contribution < -0.4 is 5.32 Å². The Balaban J connectivity index is 2.01. The minimum atomic E-state index is -0.470. The summed E-state index contributed by atoms with van der Waals surface area (Å²) in [4.78, 5) is 25.4. The number of rotatable bonds is 5. The molecule has 104 valence electrons. The molecule has 6 nitrogen and oxygen atoms in total. The quantitative estimate of drug-likeness (QED) is 0.787. The van der Waals surface area contributed by atoms with Crippen molar-refractivity contribution >= 4 is 11.9 Å². The Bertz CT molecular complexity index is 430. The minimum Gasteiger partial charge on any atom is -0.472 e. The summed E-state index contributed by atoms with van der Waals surface area (Å²) in [5, 5.41) is 2.78. The highest BCUT2D eigenvalue weighted by molar-refractivity contribution is 5.87. The number of carbonyl (C=O) groups is 2. The SMILES string of the molecule is CCOC(=O)C[C@@H]1C(=O)NCCN1Cc1ccoc1. The van der Waals surface area contributed by atoms with Crippen LogP contribution >= 0.6 is 0 Å². The molecular weight excluding hydrogens is 248 g/mol. The Morgan fingerprint density at radius 3 is 3.16 bits per heavy atom. The maximum atomic E-state index is 11.9. The topological polar surface area (TPSA) is 71.8 Å². The number of carbonyl (C=O) groups excluding carboxylic acids is 2. The van der Waals surface area contributed by atoms with E-state index in [1.54, 1.807) is 19.5 Å². The number of ether oxygens (including phenoxy) is 1. The predicted molar refractivity (Wildman–Crippen MR) is 67.2 cm³/mol. The summed E-state index contributed by atoms with van der Waals surface area (Å²) >= 11 is 0. The highest BCUT2D eigenvalue weighted by atomic mass is 16.5. The molecule has 1 aromatic heterocycles. The second-order valence-corrected chi connectivity index (χ2v) is 4.42. The molecular formula is C13H18N2O4. The average molecular weight is 266 g/mol. The highest BCUT2D eigenvalue weighted by Gasteiger charge is 2.32. The van der Waals surface area contributed by atoms with Crippen molar-refractivity contribution < 1.29 is 18.7 Å². The van der Waals surface area contributed by atoms with Crippen LogP contribution in [0.25, 0.3) is 0 Å². The first-order valence-electron chi connectivity index (χ1n) is 6.39. The molecule has 1 fully saturated rings. The van der Waals surface area contributed by atoms with Gasteiger partial charge in [0.25, 0.3) is 0 Å². The van der Waals surface area contributed by atoms with Gasteiger partial charge in [0.05, 0.1) is 25.6 Å². The maximum Gasteiger partial charge on any atom is 0.307 e. The largest absolute Gasteiger partial charge is 0.472 e. The zero-order chi connectivity index (χ0) is 13.7. The minimum absolute atomic E-state index is 0.0809. The number of hydrogen-bond donors (Lipinski definition) is 1. The smallest absolute Gasteiger partial charge is 0.307 e. The summed E-state index contributed by atoms with van der Waals surface area (Å²) in [5.74, 6) is -0.468. The van der Waals surface area contributed by atoms with E-state index in [1.807, 2.05) is 11.0 Å². The molecule has 0 aromatic carbocycles. The molecule has 0 saturated carbocycles. The van der Waals surface area contributed by atoms with E-state index in [0.717, 1.165) is 5.56 Å². The van der Waals surface area contributed by atoms with Gasteiger partial charge < -0.3 is 14.5 Å². The molecule has 1 amide bonds. The van der Waals surface area contributed by atoms with Crippen molar-refractivity contribution in [3.05, 3.63) is 24.2 Å². The van der Waals surface area contributed by atoms with Crippen LogP contribution in [-0.2, 0) is 20.9 Å². The number of hydrogen-bond acceptors (Lipinski definition) is 5. The lowest BCUT2D eigenvalue weighted by atomic mass is 10.1. The number of piperazine rings is 1. The molecule has 0 unspecified atom stereocenters. The van der Waals surface area contributed by atoms with Crippen LogP contribution in [-0.4, -0.2) is 42.5 Å². The van der Waals surface area contributed by atoms with Gasteiger partial charge in [0.2, 0.25) is 5.91 Å². The standard InChI is InChI=1S/C13H18N2O4/c1-2-19-12(16)7-11-13(17)14-4-5-15(11)8-10-3-6-18-9-10/h3,6,9,11H,2,4-5,7-8H2,1H3,(H,14,17)/t11-/m1/s1. The van der Waals surface area contributed by atoms with Gasteiger partial charge in [-0.25, -0.2) is 0 Å². The normalized spacial score (nSPS) is 20.1. The van der Waals surface area contributed by atoms with Gasteiger partial charge in [0.15, 0.2) is 0 Å². The van der Waals surface area contributed by atoms with Gasteiger partial charge >= 0.3 is 5.97 Å². The molecule has 1 atom stereocenters. The molecule has 0 bridgehead atoms. The van der Waals surface area contributed by atoms with Crippen molar-refractivity contribution in [1.82, 2.24) is 10.2 Å². The molecule has 2 heterocycles. The van der Waals surface area contributed by atoms with Gasteiger partial charge in [-0.15, -0.1) is 0 Å². The van der Waals surface area contributed by atoms with Crippen LogP contribution in [0.15, 0.2) is 23.0 Å². The number of amides is 1. The summed E-state index contributed by atoms with van der Waals surface area (Å²) in [5.41, 5.74) is 0.989. The fraction of sp³-hybridized carbons (Fsp3) is 0.538. The first-order valence-corrected chi connectivity index (χ1v) is 6.39. The fourth-order valence-corrected chi connectivity index (χ4v) is 2.17. The molecule has 2 rings (SSSR count). The summed E-state index contributed by atoms with van der Waals surface area (Å²) < 4.78 is 9.93. The van der Waals surface area contributed by atoms with Crippen LogP contribution in [0.5, 0.6) is 0 Å². The molecule has 6 heteroatoms. The second kappa shape index (κ2) is 6.38. The summed E-state index contributed by atoms with van der Waals surface area (Å²) in [7, 11) is 0. The Hall–Kier alpha value is -1.82. The van der Waals surface area contributed by atoms with Crippen molar-refractivity contribution in [2.45, 2.75) is 25.9 Å². The summed E-state index contributed by atoms with van der Waals surface area (Å²) in [6.45, 7) is 3.97. The third kappa shape index (κ3) is 3.57. The van der Waals surface area contributed by atoms with Gasteiger partial charge in [0.1, 0.15) is 6.04 Å². The van der Waals surface area contributed by atoms with E-state index in [1.165, 1.54) is 0 Å². The molecule has 1 aliphatic rings. The van der Waals surface area contributed by atoms with E-state index in [9.17, 15) is 9.59 Å².